The average Bonchev–Trinajstić information content (AvgIpc) is 3.35. The van der Waals surface area contributed by atoms with Crippen LogP contribution in [0, 0.1) is 5.41 Å². The third-order valence-electron chi connectivity index (χ3n) is 4.34. The Labute approximate surface area is 173 Å². The van der Waals surface area contributed by atoms with Crippen molar-refractivity contribution < 1.29 is 4.79 Å². The first kappa shape index (κ1) is 20.2. The number of rotatable bonds is 8. The maximum atomic E-state index is 12.2. The molecule has 0 fully saturated rings. The SMILES string of the molecule is CCCN(C)C(=N)c1ccc(-n2cc(CCC(=O)c3ccc(Cl)s3)nn2)cc1. The van der Waals surface area contributed by atoms with E-state index in [1.165, 1.54) is 11.3 Å². The number of nitrogens with one attached hydrogen (secondary N) is 1. The molecule has 6 nitrogen and oxygen atoms in total. The van der Waals surface area contributed by atoms with Crippen molar-refractivity contribution in [2.24, 2.45) is 0 Å². The van der Waals surface area contributed by atoms with Gasteiger partial charge in [0.15, 0.2) is 5.78 Å². The molecule has 0 bridgehead atoms. The molecule has 0 aliphatic carbocycles. The Morgan fingerprint density at radius 1 is 1.25 bits per heavy atom. The smallest absolute Gasteiger partial charge is 0.173 e. The molecular formula is C20H22ClN5OS. The molecule has 28 heavy (non-hydrogen) atoms. The molecule has 3 rings (SSSR count). The summed E-state index contributed by atoms with van der Waals surface area (Å²) in [5, 5.41) is 16.6. The summed E-state index contributed by atoms with van der Waals surface area (Å²) in [7, 11) is 1.93. The minimum absolute atomic E-state index is 0.0607. The molecule has 1 aromatic carbocycles. The molecule has 0 saturated heterocycles. The molecule has 146 valence electrons. The van der Waals surface area contributed by atoms with Gasteiger partial charge in [0.05, 0.1) is 26.8 Å². The van der Waals surface area contributed by atoms with Gasteiger partial charge in [-0.15, -0.1) is 16.4 Å². The molecule has 0 atom stereocenters. The van der Waals surface area contributed by atoms with Crippen molar-refractivity contribution in [3.63, 3.8) is 0 Å². The fraction of sp³-hybridized carbons (Fsp3) is 0.300. The summed E-state index contributed by atoms with van der Waals surface area (Å²) >= 11 is 7.18. The van der Waals surface area contributed by atoms with Crippen LogP contribution in [-0.4, -0.2) is 45.1 Å². The number of carbonyl (C=O) groups is 1. The molecule has 0 saturated carbocycles. The zero-order chi connectivity index (χ0) is 20.1. The van der Waals surface area contributed by atoms with E-state index in [4.69, 9.17) is 17.0 Å². The van der Waals surface area contributed by atoms with Crippen LogP contribution in [0.1, 0.15) is 40.7 Å². The van der Waals surface area contributed by atoms with Crippen LogP contribution < -0.4 is 0 Å². The first-order valence-corrected chi connectivity index (χ1v) is 10.3. The Morgan fingerprint density at radius 2 is 2.00 bits per heavy atom. The van der Waals surface area contributed by atoms with Gasteiger partial charge in [0.25, 0.3) is 0 Å². The Morgan fingerprint density at radius 3 is 2.64 bits per heavy atom. The molecule has 0 amide bonds. The van der Waals surface area contributed by atoms with Gasteiger partial charge >= 0.3 is 0 Å². The van der Waals surface area contributed by atoms with Crippen LogP contribution in [0.5, 0.6) is 0 Å². The number of ketones is 1. The Kier molecular flexibility index (Phi) is 6.59. The highest BCUT2D eigenvalue weighted by Gasteiger charge is 2.11. The van der Waals surface area contributed by atoms with Crippen molar-refractivity contribution in [3.8, 4) is 5.69 Å². The molecule has 8 heteroatoms. The lowest BCUT2D eigenvalue weighted by atomic mass is 10.1. The quantitative estimate of drug-likeness (QED) is 0.334. The molecule has 0 unspecified atom stereocenters. The Bertz CT molecular complexity index is 963. The number of benzene rings is 1. The third-order valence-corrected chi connectivity index (χ3v) is 5.62. The van der Waals surface area contributed by atoms with Gasteiger partial charge in [-0.25, -0.2) is 4.68 Å². The fourth-order valence-electron chi connectivity index (χ4n) is 2.81. The molecule has 3 aromatic rings. The van der Waals surface area contributed by atoms with Gasteiger partial charge in [-0.1, -0.05) is 23.7 Å². The highest BCUT2D eigenvalue weighted by atomic mass is 35.5. The van der Waals surface area contributed by atoms with Crippen LogP contribution in [-0.2, 0) is 6.42 Å². The van der Waals surface area contributed by atoms with E-state index in [9.17, 15) is 4.79 Å². The minimum Gasteiger partial charge on any atom is -0.360 e. The number of Topliss-reactive ketones (excluding diaryl/α,β-unsaturated/α-hetero) is 1. The first-order valence-electron chi connectivity index (χ1n) is 9.08. The highest BCUT2D eigenvalue weighted by Crippen LogP contribution is 2.23. The summed E-state index contributed by atoms with van der Waals surface area (Å²) in [4.78, 5) is 14.8. The number of aromatic nitrogens is 3. The minimum atomic E-state index is 0.0607. The van der Waals surface area contributed by atoms with Crippen LogP contribution >= 0.6 is 22.9 Å². The van der Waals surface area contributed by atoms with Crippen LogP contribution in [0.25, 0.3) is 5.69 Å². The number of hydrogen-bond donors (Lipinski definition) is 1. The van der Waals surface area contributed by atoms with Gasteiger partial charge < -0.3 is 4.90 Å². The number of hydrogen-bond acceptors (Lipinski definition) is 5. The van der Waals surface area contributed by atoms with Crippen molar-refractivity contribution in [2.45, 2.75) is 26.2 Å². The summed E-state index contributed by atoms with van der Waals surface area (Å²) in [6.07, 6.45) is 3.73. The van der Waals surface area contributed by atoms with Crippen molar-refractivity contribution >= 4 is 34.6 Å². The summed E-state index contributed by atoms with van der Waals surface area (Å²) < 4.78 is 2.30. The second-order valence-electron chi connectivity index (χ2n) is 6.50. The van der Waals surface area contributed by atoms with E-state index in [0.717, 1.165) is 29.9 Å². The van der Waals surface area contributed by atoms with Crippen molar-refractivity contribution in [2.75, 3.05) is 13.6 Å². The number of thiophene rings is 1. The molecule has 2 heterocycles. The average molecular weight is 416 g/mol. The highest BCUT2D eigenvalue weighted by molar-refractivity contribution is 7.18. The van der Waals surface area contributed by atoms with Crippen molar-refractivity contribution in [1.82, 2.24) is 19.9 Å². The van der Waals surface area contributed by atoms with E-state index in [2.05, 4.69) is 17.2 Å². The lowest BCUT2D eigenvalue weighted by molar-refractivity contribution is 0.0986. The second kappa shape index (κ2) is 9.12. The largest absolute Gasteiger partial charge is 0.360 e. The molecule has 0 aliphatic heterocycles. The predicted octanol–water partition coefficient (Wildman–Crippen LogP) is 4.46. The van der Waals surface area contributed by atoms with E-state index in [0.29, 0.717) is 27.9 Å². The van der Waals surface area contributed by atoms with Crippen LogP contribution in [0.4, 0.5) is 0 Å². The molecule has 2 aromatic heterocycles. The third kappa shape index (κ3) is 4.85. The van der Waals surface area contributed by atoms with Crippen LogP contribution in [0.15, 0.2) is 42.6 Å². The zero-order valence-electron chi connectivity index (χ0n) is 15.9. The zero-order valence-corrected chi connectivity index (χ0v) is 17.4. The Balaban J connectivity index is 1.62. The van der Waals surface area contributed by atoms with Crippen molar-refractivity contribution in [1.29, 1.82) is 5.41 Å². The first-order chi connectivity index (χ1) is 13.5. The number of halogens is 1. The number of carbonyl (C=O) groups excluding carboxylic acids is 1. The summed E-state index contributed by atoms with van der Waals surface area (Å²) in [5.74, 6) is 0.561. The predicted molar refractivity (Wildman–Crippen MR) is 113 cm³/mol. The van der Waals surface area contributed by atoms with Gasteiger partial charge in [-0.2, -0.15) is 0 Å². The normalized spacial score (nSPS) is 10.8. The lowest BCUT2D eigenvalue weighted by Crippen LogP contribution is -2.27. The van der Waals surface area contributed by atoms with E-state index in [1.54, 1.807) is 16.8 Å². The lowest BCUT2D eigenvalue weighted by Gasteiger charge is -2.19. The van der Waals surface area contributed by atoms with Crippen molar-refractivity contribution in [3.05, 3.63) is 63.1 Å². The van der Waals surface area contributed by atoms with Gasteiger partial charge in [-0.05, 0) is 42.8 Å². The van der Waals surface area contributed by atoms with Gasteiger partial charge in [0, 0.05) is 32.0 Å². The Hall–Kier alpha value is -2.51. The van der Waals surface area contributed by atoms with Crippen LogP contribution in [0.2, 0.25) is 4.34 Å². The van der Waals surface area contributed by atoms with Crippen LogP contribution in [0.3, 0.4) is 0 Å². The summed E-state index contributed by atoms with van der Waals surface area (Å²) in [6, 6.07) is 11.1. The van der Waals surface area contributed by atoms with E-state index in [1.807, 2.05) is 42.4 Å². The second-order valence-corrected chi connectivity index (χ2v) is 8.21. The van der Waals surface area contributed by atoms with Gasteiger partial charge in [0.1, 0.15) is 5.84 Å². The molecule has 0 radical (unpaired) electrons. The van der Waals surface area contributed by atoms with Gasteiger partial charge in [-0.3, -0.25) is 10.2 Å². The molecule has 0 aliphatic rings. The van der Waals surface area contributed by atoms with E-state index in [-0.39, 0.29) is 5.78 Å². The monoisotopic (exact) mass is 415 g/mol. The van der Waals surface area contributed by atoms with Gasteiger partial charge in [0.2, 0.25) is 0 Å². The summed E-state index contributed by atoms with van der Waals surface area (Å²) in [6.45, 7) is 2.95. The standard InChI is InChI=1S/C20H22ClN5OS/c1-3-12-25(2)20(22)14-4-7-16(8-5-14)26-13-15(23-24-26)6-9-17(27)18-10-11-19(21)28-18/h4-5,7-8,10-11,13,22H,3,6,9,12H2,1-2H3. The van der Waals surface area contributed by atoms with E-state index < -0.39 is 0 Å². The maximum absolute atomic E-state index is 12.2. The number of amidine groups is 1. The maximum Gasteiger partial charge on any atom is 0.173 e. The fourth-order valence-corrected chi connectivity index (χ4v) is 3.82. The molecule has 0 spiro atoms. The molecular weight excluding hydrogens is 394 g/mol. The molecule has 1 N–H and O–H groups in total. The summed E-state index contributed by atoms with van der Waals surface area (Å²) in [5.41, 5.74) is 2.49. The number of nitrogens with zero attached hydrogens (tertiary/aromatic N) is 4. The van der Waals surface area contributed by atoms with E-state index >= 15 is 0 Å². The number of aryl methyl sites for hydroxylation is 1. The topological polar surface area (TPSA) is 74.9 Å².